The van der Waals surface area contributed by atoms with Crippen molar-refractivity contribution in [3.05, 3.63) is 6.42 Å². The fraction of sp³-hybridized carbons (Fsp3) is 0.667. The average molecular weight is 114 g/mol. The van der Waals surface area contributed by atoms with Crippen molar-refractivity contribution in [1.82, 2.24) is 5.32 Å². The Kier molecular flexibility index (Phi) is 3.24. The molecule has 2 heteroatoms. The molecule has 0 saturated heterocycles. The highest BCUT2D eigenvalue weighted by Crippen LogP contribution is 1.78. The van der Waals surface area contributed by atoms with Gasteiger partial charge in [-0.25, -0.2) is 0 Å². The van der Waals surface area contributed by atoms with Crippen LogP contribution < -0.4 is 5.32 Å². The molecule has 0 rings (SSSR count). The van der Waals surface area contributed by atoms with Gasteiger partial charge < -0.3 is 5.32 Å². The van der Waals surface area contributed by atoms with Crippen LogP contribution in [0.1, 0.15) is 20.8 Å². The van der Waals surface area contributed by atoms with Gasteiger partial charge in [0.1, 0.15) is 0 Å². The van der Waals surface area contributed by atoms with Crippen LogP contribution in [-0.4, -0.2) is 11.9 Å². The third kappa shape index (κ3) is 3.65. The van der Waals surface area contributed by atoms with Gasteiger partial charge in [0.2, 0.25) is 5.91 Å². The maximum atomic E-state index is 10.5. The van der Waals surface area contributed by atoms with Crippen LogP contribution in [0.5, 0.6) is 0 Å². The molecular weight excluding hydrogens is 102 g/mol. The van der Waals surface area contributed by atoms with E-state index in [9.17, 15) is 4.79 Å². The second kappa shape index (κ2) is 3.47. The summed E-state index contributed by atoms with van der Waals surface area (Å²) in [7, 11) is 0. The fourth-order valence-electron chi connectivity index (χ4n) is 0.368. The highest BCUT2D eigenvalue weighted by atomic mass is 16.1. The normalized spacial score (nSPS) is 9.50. The number of hydrogen-bond acceptors (Lipinski definition) is 1. The molecule has 0 aromatic heterocycles. The molecule has 1 amide bonds. The number of hydrogen-bond donors (Lipinski definition) is 1. The fourth-order valence-corrected chi connectivity index (χ4v) is 0.368. The molecule has 0 fully saturated rings. The molecule has 0 saturated carbocycles. The summed E-state index contributed by atoms with van der Waals surface area (Å²) in [4.78, 5) is 10.5. The van der Waals surface area contributed by atoms with Crippen LogP contribution in [0.3, 0.4) is 0 Å². The Labute approximate surface area is 50.3 Å². The Bertz CT molecular complexity index is 78.6. The lowest BCUT2D eigenvalue weighted by atomic mass is 10.3. The van der Waals surface area contributed by atoms with Gasteiger partial charge in [-0.1, -0.05) is 6.92 Å². The first kappa shape index (κ1) is 7.47. The van der Waals surface area contributed by atoms with E-state index < -0.39 is 0 Å². The van der Waals surface area contributed by atoms with Crippen molar-refractivity contribution in [2.24, 2.45) is 0 Å². The smallest absolute Gasteiger partial charge is 0.223 e. The third-order valence-electron chi connectivity index (χ3n) is 0.693. The van der Waals surface area contributed by atoms with Gasteiger partial charge in [0.05, 0.1) is 0 Å². The first-order valence-corrected chi connectivity index (χ1v) is 2.76. The lowest BCUT2D eigenvalue weighted by Crippen LogP contribution is -2.29. The lowest BCUT2D eigenvalue weighted by molar-refractivity contribution is -0.118. The van der Waals surface area contributed by atoms with Crippen LogP contribution in [-0.2, 0) is 4.79 Å². The molecule has 0 aromatic carbocycles. The Hall–Kier alpha value is -0.530. The van der Waals surface area contributed by atoms with E-state index in [1.807, 2.05) is 13.8 Å². The lowest BCUT2D eigenvalue weighted by Gasteiger charge is -2.04. The number of carbonyl (C=O) groups excluding carboxylic acids is 1. The molecule has 47 valence electrons. The molecule has 0 atom stereocenters. The van der Waals surface area contributed by atoms with Crippen molar-refractivity contribution < 1.29 is 4.79 Å². The van der Waals surface area contributed by atoms with Crippen LogP contribution in [0.25, 0.3) is 0 Å². The Morgan fingerprint density at radius 2 is 2.12 bits per heavy atom. The Balaban J connectivity index is 3.25. The molecule has 0 aromatic rings. The molecule has 1 N–H and O–H groups in total. The molecule has 0 unspecified atom stereocenters. The number of nitrogens with one attached hydrogen (secondary N) is 1. The molecule has 8 heavy (non-hydrogen) atoms. The number of carbonyl (C=O) groups is 1. The monoisotopic (exact) mass is 114 g/mol. The van der Waals surface area contributed by atoms with Gasteiger partial charge in [0, 0.05) is 12.5 Å². The third-order valence-corrected chi connectivity index (χ3v) is 0.693. The molecule has 0 aliphatic heterocycles. The van der Waals surface area contributed by atoms with E-state index in [1.165, 1.54) is 6.42 Å². The molecule has 0 spiro atoms. The van der Waals surface area contributed by atoms with Crippen molar-refractivity contribution in [1.29, 1.82) is 0 Å². The number of amides is 1. The zero-order valence-corrected chi connectivity index (χ0v) is 5.56. The minimum absolute atomic E-state index is 0.000000000000000222. The Morgan fingerprint density at radius 1 is 1.62 bits per heavy atom. The molecular formula is C6H12NO. The zero-order valence-electron chi connectivity index (χ0n) is 5.56. The van der Waals surface area contributed by atoms with Crippen molar-refractivity contribution in [3.63, 3.8) is 0 Å². The summed E-state index contributed by atoms with van der Waals surface area (Å²) in [6.45, 7) is 5.58. The van der Waals surface area contributed by atoms with E-state index in [0.29, 0.717) is 0 Å². The second-order valence-electron chi connectivity index (χ2n) is 1.95. The van der Waals surface area contributed by atoms with Crippen molar-refractivity contribution in [2.75, 3.05) is 0 Å². The van der Waals surface area contributed by atoms with Gasteiger partial charge in [0.15, 0.2) is 0 Å². The maximum Gasteiger partial charge on any atom is 0.223 e. The van der Waals surface area contributed by atoms with Gasteiger partial charge in [-0.15, -0.1) is 0 Å². The second-order valence-corrected chi connectivity index (χ2v) is 1.95. The van der Waals surface area contributed by atoms with E-state index in [2.05, 4.69) is 5.32 Å². The van der Waals surface area contributed by atoms with Crippen molar-refractivity contribution >= 4 is 5.91 Å². The average Bonchev–Trinajstić information content (AvgIpc) is 1.65. The predicted molar refractivity (Wildman–Crippen MR) is 33.3 cm³/mol. The van der Waals surface area contributed by atoms with Gasteiger partial charge in [-0.05, 0) is 13.8 Å². The number of rotatable bonds is 2. The van der Waals surface area contributed by atoms with E-state index in [-0.39, 0.29) is 11.9 Å². The predicted octanol–water partition coefficient (Wildman–Crippen LogP) is 0.735. The highest BCUT2D eigenvalue weighted by molar-refractivity contribution is 5.84. The largest absolute Gasteiger partial charge is 0.354 e. The van der Waals surface area contributed by atoms with E-state index in [4.69, 9.17) is 0 Å². The first-order valence-electron chi connectivity index (χ1n) is 2.76. The summed E-state index contributed by atoms with van der Waals surface area (Å²) in [6, 6.07) is 0.249. The molecule has 0 bridgehead atoms. The first-order chi connectivity index (χ1) is 3.66. The molecule has 0 heterocycles. The highest BCUT2D eigenvalue weighted by Gasteiger charge is 1.96. The maximum absolute atomic E-state index is 10.5. The quantitative estimate of drug-likeness (QED) is 0.563. The minimum Gasteiger partial charge on any atom is -0.354 e. The molecule has 2 nitrogen and oxygen atoms in total. The SMILES string of the molecule is C[CH]C(=O)NC(C)C. The zero-order chi connectivity index (χ0) is 6.57. The van der Waals surface area contributed by atoms with E-state index in [1.54, 1.807) is 6.92 Å². The van der Waals surface area contributed by atoms with Crippen LogP contribution >= 0.6 is 0 Å². The van der Waals surface area contributed by atoms with Crippen LogP contribution in [0.2, 0.25) is 0 Å². The minimum atomic E-state index is 0.000000000000000222. The summed E-state index contributed by atoms with van der Waals surface area (Å²) >= 11 is 0. The van der Waals surface area contributed by atoms with E-state index in [0.717, 1.165) is 0 Å². The topological polar surface area (TPSA) is 29.1 Å². The van der Waals surface area contributed by atoms with Crippen molar-refractivity contribution in [2.45, 2.75) is 26.8 Å². The van der Waals surface area contributed by atoms with E-state index >= 15 is 0 Å². The molecule has 0 aliphatic rings. The summed E-state index contributed by atoms with van der Waals surface area (Å²) in [5.41, 5.74) is 0. The summed E-state index contributed by atoms with van der Waals surface area (Å²) in [6.07, 6.45) is 1.51. The molecule has 1 radical (unpaired) electrons. The summed E-state index contributed by atoms with van der Waals surface area (Å²) < 4.78 is 0. The van der Waals surface area contributed by atoms with Gasteiger partial charge >= 0.3 is 0 Å². The molecule has 0 aliphatic carbocycles. The van der Waals surface area contributed by atoms with Gasteiger partial charge in [-0.3, -0.25) is 4.79 Å². The van der Waals surface area contributed by atoms with Crippen LogP contribution in [0.4, 0.5) is 0 Å². The summed E-state index contributed by atoms with van der Waals surface area (Å²) in [5.74, 6) is 0.000000000000000222. The van der Waals surface area contributed by atoms with Crippen LogP contribution in [0.15, 0.2) is 0 Å². The van der Waals surface area contributed by atoms with Crippen molar-refractivity contribution in [3.8, 4) is 0 Å². The standard InChI is InChI=1S/C6H12NO/c1-4-6(8)7-5(2)3/h4-5H,1-3H3,(H,7,8). The van der Waals surface area contributed by atoms with Gasteiger partial charge in [0.25, 0.3) is 0 Å². The van der Waals surface area contributed by atoms with Crippen LogP contribution in [0, 0.1) is 6.42 Å². The van der Waals surface area contributed by atoms with Gasteiger partial charge in [-0.2, -0.15) is 0 Å². The summed E-state index contributed by atoms with van der Waals surface area (Å²) in [5, 5.41) is 2.70. The Morgan fingerprint density at radius 3 is 2.25 bits per heavy atom.